The number of alkyl halides is 3. The van der Waals surface area contributed by atoms with Gasteiger partial charge in [0.15, 0.2) is 0 Å². The van der Waals surface area contributed by atoms with Gasteiger partial charge in [0.25, 0.3) is 0 Å². The SMILES string of the molecule is COc1ccc(N(CC(F)(F)F)C(C)=O)cc1[C@H]1CO[C@]2(CCCN[C@H]2c2ccccc2)C1. The van der Waals surface area contributed by atoms with Gasteiger partial charge in [-0.3, -0.25) is 4.79 Å². The van der Waals surface area contributed by atoms with Gasteiger partial charge in [-0.05, 0) is 49.6 Å². The molecular formula is C25H29F3N2O3. The molecule has 1 spiro atoms. The van der Waals surface area contributed by atoms with E-state index in [-0.39, 0.29) is 17.6 Å². The number of nitrogens with zero attached hydrogens (tertiary/aromatic N) is 1. The quantitative estimate of drug-likeness (QED) is 0.681. The molecule has 33 heavy (non-hydrogen) atoms. The highest BCUT2D eigenvalue weighted by molar-refractivity contribution is 5.91. The topological polar surface area (TPSA) is 50.8 Å². The lowest BCUT2D eigenvalue weighted by Crippen LogP contribution is -2.48. The average molecular weight is 463 g/mol. The smallest absolute Gasteiger partial charge is 0.406 e. The fourth-order valence-corrected chi connectivity index (χ4v) is 5.18. The van der Waals surface area contributed by atoms with Crippen molar-refractivity contribution >= 4 is 11.6 Å². The van der Waals surface area contributed by atoms with E-state index in [1.54, 1.807) is 12.1 Å². The number of hydrogen-bond donors (Lipinski definition) is 1. The Bertz CT molecular complexity index is 983. The summed E-state index contributed by atoms with van der Waals surface area (Å²) >= 11 is 0. The first-order chi connectivity index (χ1) is 15.7. The van der Waals surface area contributed by atoms with Crippen LogP contribution in [0, 0.1) is 0 Å². The first-order valence-electron chi connectivity index (χ1n) is 11.2. The van der Waals surface area contributed by atoms with Crippen LogP contribution in [0.15, 0.2) is 48.5 Å². The molecule has 8 heteroatoms. The first-order valence-corrected chi connectivity index (χ1v) is 11.2. The minimum Gasteiger partial charge on any atom is -0.496 e. The number of carbonyl (C=O) groups is 1. The number of anilines is 1. The Morgan fingerprint density at radius 2 is 2.00 bits per heavy atom. The minimum atomic E-state index is -4.50. The molecule has 0 aliphatic carbocycles. The molecule has 4 rings (SSSR count). The standard InChI is InChI=1S/C25H29F3N2O3/c1-17(31)30(16-25(26,27)28)20-9-10-22(32-2)21(13-20)19-14-24(33-15-19)11-6-12-29-23(24)18-7-4-3-5-8-18/h3-5,7-10,13,19,23,29H,6,11-12,14-16H2,1-2H3/t19-,23+,24-/m1/s1. The molecule has 0 saturated carbocycles. The predicted molar refractivity (Wildman–Crippen MR) is 120 cm³/mol. The van der Waals surface area contributed by atoms with E-state index in [1.165, 1.54) is 13.2 Å². The molecule has 178 valence electrons. The summed E-state index contributed by atoms with van der Waals surface area (Å²) in [6.07, 6.45) is -1.91. The van der Waals surface area contributed by atoms with Gasteiger partial charge >= 0.3 is 6.18 Å². The molecule has 0 bridgehead atoms. The highest BCUT2D eigenvalue weighted by atomic mass is 19.4. The third kappa shape index (κ3) is 5.01. The fourth-order valence-electron chi connectivity index (χ4n) is 5.18. The molecule has 1 N–H and O–H groups in total. The molecule has 2 heterocycles. The van der Waals surface area contributed by atoms with Gasteiger partial charge in [-0.2, -0.15) is 13.2 Å². The zero-order valence-electron chi connectivity index (χ0n) is 18.8. The van der Waals surface area contributed by atoms with Crippen molar-refractivity contribution in [2.24, 2.45) is 0 Å². The summed E-state index contributed by atoms with van der Waals surface area (Å²) in [7, 11) is 1.54. The average Bonchev–Trinajstić information content (AvgIpc) is 3.21. The minimum absolute atomic E-state index is 0.0329. The lowest BCUT2D eigenvalue weighted by molar-refractivity contribution is -0.131. The largest absolute Gasteiger partial charge is 0.496 e. The van der Waals surface area contributed by atoms with E-state index in [2.05, 4.69) is 17.4 Å². The number of nitrogens with one attached hydrogen (secondary N) is 1. The summed E-state index contributed by atoms with van der Waals surface area (Å²) in [5.41, 5.74) is 1.72. The summed E-state index contributed by atoms with van der Waals surface area (Å²) < 4.78 is 51.3. The van der Waals surface area contributed by atoms with Crippen LogP contribution in [0.3, 0.4) is 0 Å². The number of methoxy groups -OCH3 is 1. The van der Waals surface area contributed by atoms with Crippen LogP contribution in [0.25, 0.3) is 0 Å². The van der Waals surface area contributed by atoms with Crippen LogP contribution in [-0.2, 0) is 9.53 Å². The molecular weight excluding hydrogens is 433 g/mol. The maximum Gasteiger partial charge on any atom is 0.406 e. The number of ether oxygens (including phenoxy) is 2. The number of amides is 1. The van der Waals surface area contributed by atoms with Crippen LogP contribution in [0.4, 0.5) is 18.9 Å². The number of hydrogen-bond acceptors (Lipinski definition) is 4. The maximum atomic E-state index is 13.1. The van der Waals surface area contributed by atoms with Crippen molar-refractivity contribution in [2.45, 2.75) is 49.9 Å². The van der Waals surface area contributed by atoms with E-state index in [1.807, 2.05) is 18.2 Å². The molecule has 2 fully saturated rings. The second kappa shape index (κ2) is 9.35. The van der Waals surface area contributed by atoms with E-state index in [4.69, 9.17) is 9.47 Å². The lowest BCUT2D eigenvalue weighted by Gasteiger charge is -2.41. The first kappa shape index (κ1) is 23.6. The predicted octanol–water partition coefficient (Wildman–Crippen LogP) is 4.98. The van der Waals surface area contributed by atoms with E-state index in [0.717, 1.165) is 42.3 Å². The van der Waals surface area contributed by atoms with Gasteiger partial charge in [-0.15, -0.1) is 0 Å². The third-order valence-corrected chi connectivity index (χ3v) is 6.63. The molecule has 2 aromatic rings. The van der Waals surface area contributed by atoms with Crippen LogP contribution in [0.1, 0.15) is 49.3 Å². The van der Waals surface area contributed by atoms with Gasteiger partial charge in [0, 0.05) is 24.1 Å². The van der Waals surface area contributed by atoms with Crippen LogP contribution in [-0.4, -0.2) is 44.5 Å². The number of carbonyl (C=O) groups excluding carboxylic acids is 1. The Morgan fingerprint density at radius 3 is 2.67 bits per heavy atom. The van der Waals surface area contributed by atoms with Crippen LogP contribution in [0.2, 0.25) is 0 Å². The van der Waals surface area contributed by atoms with E-state index in [9.17, 15) is 18.0 Å². The Balaban J connectivity index is 1.65. The van der Waals surface area contributed by atoms with E-state index >= 15 is 0 Å². The molecule has 1 amide bonds. The van der Waals surface area contributed by atoms with E-state index in [0.29, 0.717) is 18.8 Å². The Kier molecular flexibility index (Phi) is 6.68. The second-order valence-electron chi connectivity index (χ2n) is 8.82. The summed E-state index contributed by atoms with van der Waals surface area (Å²) in [5, 5.41) is 3.60. The molecule has 2 aliphatic heterocycles. The summed E-state index contributed by atoms with van der Waals surface area (Å²) in [6, 6.07) is 15.0. The van der Waals surface area contributed by atoms with Crippen molar-refractivity contribution in [3.05, 3.63) is 59.7 Å². The Morgan fingerprint density at radius 1 is 1.24 bits per heavy atom. The van der Waals surface area contributed by atoms with Gasteiger partial charge in [-0.25, -0.2) is 0 Å². The van der Waals surface area contributed by atoms with Gasteiger partial charge in [0.2, 0.25) is 5.91 Å². The van der Waals surface area contributed by atoms with Crippen LogP contribution >= 0.6 is 0 Å². The van der Waals surface area contributed by atoms with Gasteiger partial charge < -0.3 is 19.7 Å². The highest BCUT2D eigenvalue weighted by Gasteiger charge is 2.49. The van der Waals surface area contributed by atoms with Crippen molar-refractivity contribution in [3.8, 4) is 5.75 Å². The maximum absolute atomic E-state index is 13.1. The molecule has 5 nitrogen and oxygen atoms in total. The number of rotatable bonds is 5. The second-order valence-corrected chi connectivity index (χ2v) is 8.82. The van der Waals surface area contributed by atoms with Crippen molar-refractivity contribution in [3.63, 3.8) is 0 Å². The number of benzene rings is 2. The lowest BCUT2D eigenvalue weighted by atomic mass is 9.77. The summed E-state index contributed by atoms with van der Waals surface area (Å²) in [6.45, 7) is 1.14. The summed E-state index contributed by atoms with van der Waals surface area (Å²) in [4.78, 5) is 12.8. The van der Waals surface area contributed by atoms with Crippen LogP contribution < -0.4 is 15.0 Å². The zero-order chi connectivity index (χ0) is 23.6. The number of piperidine rings is 1. The highest BCUT2D eigenvalue weighted by Crippen LogP contribution is 2.50. The van der Waals surface area contributed by atoms with Gasteiger partial charge in [0.1, 0.15) is 12.3 Å². The molecule has 0 unspecified atom stereocenters. The molecule has 2 aromatic carbocycles. The Labute approximate surface area is 191 Å². The molecule has 0 aromatic heterocycles. The molecule has 2 aliphatic rings. The van der Waals surface area contributed by atoms with Crippen LogP contribution in [0.5, 0.6) is 5.75 Å². The number of halogens is 3. The van der Waals surface area contributed by atoms with Gasteiger partial charge in [-0.1, -0.05) is 30.3 Å². The molecule has 3 atom stereocenters. The van der Waals surface area contributed by atoms with Gasteiger partial charge in [0.05, 0.1) is 25.4 Å². The Hall–Kier alpha value is -2.58. The van der Waals surface area contributed by atoms with E-state index < -0.39 is 24.2 Å². The monoisotopic (exact) mass is 462 g/mol. The normalized spacial score (nSPS) is 25.2. The molecule has 0 radical (unpaired) electrons. The molecule has 2 saturated heterocycles. The third-order valence-electron chi connectivity index (χ3n) is 6.63. The fraction of sp³-hybridized carbons (Fsp3) is 0.480. The van der Waals surface area contributed by atoms with Crippen molar-refractivity contribution in [1.29, 1.82) is 0 Å². The zero-order valence-corrected chi connectivity index (χ0v) is 18.8. The van der Waals surface area contributed by atoms with Crippen molar-refractivity contribution in [2.75, 3.05) is 31.7 Å². The van der Waals surface area contributed by atoms with Crippen molar-refractivity contribution < 1.29 is 27.4 Å². The summed E-state index contributed by atoms with van der Waals surface area (Å²) in [5.74, 6) is -0.145. The van der Waals surface area contributed by atoms with Crippen molar-refractivity contribution in [1.82, 2.24) is 5.32 Å².